The quantitative estimate of drug-likeness (QED) is 0.588. The van der Waals surface area contributed by atoms with E-state index in [1.807, 2.05) is 22.7 Å². The summed E-state index contributed by atoms with van der Waals surface area (Å²) < 4.78 is 1.11. The molecule has 0 aliphatic heterocycles. The first-order chi connectivity index (χ1) is 9.81. The van der Waals surface area contributed by atoms with Crippen LogP contribution in [0.25, 0.3) is 0 Å². The van der Waals surface area contributed by atoms with Gasteiger partial charge in [0.2, 0.25) is 0 Å². The van der Waals surface area contributed by atoms with Crippen LogP contribution in [0.15, 0.2) is 63.8 Å². The van der Waals surface area contributed by atoms with E-state index in [2.05, 4.69) is 80.5 Å². The fourth-order valence-electron chi connectivity index (χ4n) is 2.09. The molecule has 0 radical (unpaired) electrons. The van der Waals surface area contributed by atoms with Gasteiger partial charge in [-0.05, 0) is 47.2 Å². The topological polar surface area (TPSA) is 12.0 Å². The summed E-state index contributed by atoms with van der Waals surface area (Å²) in [5, 5.41) is 7.92. The van der Waals surface area contributed by atoms with Crippen LogP contribution in [-0.4, -0.2) is 0 Å². The minimum atomic E-state index is 0.329. The van der Waals surface area contributed by atoms with E-state index in [0.29, 0.717) is 6.04 Å². The highest BCUT2D eigenvalue weighted by molar-refractivity contribution is 9.10. The third-order valence-corrected chi connectivity index (χ3v) is 5.47. The van der Waals surface area contributed by atoms with Crippen molar-refractivity contribution in [2.45, 2.75) is 12.5 Å². The molecule has 1 aromatic carbocycles. The van der Waals surface area contributed by atoms with Gasteiger partial charge in [0, 0.05) is 26.3 Å². The van der Waals surface area contributed by atoms with Gasteiger partial charge in [-0.1, -0.05) is 28.1 Å². The molecule has 0 aliphatic carbocycles. The fraction of sp³-hybridized carbons (Fsp3) is 0.125. The first kappa shape index (κ1) is 13.9. The summed E-state index contributed by atoms with van der Waals surface area (Å²) in [7, 11) is 0. The highest BCUT2D eigenvalue weighted by atomic mass is 79.9. The van der Waals surface area contributed by atoms with Crippen molar-refractivity contribution in [3.05, 3.63) is 73.5 Å². The van der Waals surface area contributed by atoms with Crippen molar-refractivity contribution in [2.24, 2.45) is 0 Å². The Morgan fingerprint density at radius 3 is 2.35 bits per heavy atom. The number of anilines is 1. The molecule has 2 heterocycles. The SMILES string of the molecule is Brc1ccc(NC(Cc2cccs2)c2cccs2)cc1. The molecule has 0 saturated carbocycles. The van der Waals surface area contributed by atoms with Crippen molar-refractivity contribution < 1.29 is 0 Å². The number of hydrogen-bond acceptors (Lipinski definition) is 3. The summed E-state index contributed by atoms with van der Waals surface area (Å²) in [6, 6.07) is 17.3. The Balaban J connectivity index is 1.80. The second-order valence-corrected chi connectivity index (χ2v) is 7.43. The van der Waals surface area contributed by atoms with Crippen molar-refractivity contribution in [3.63, 3.8) is 0 Å². The van der Waals surface area contributed by atoms with Gasteiger partial charge >= 0.3 is 0 Å². The summed E-state index contributed by atoms with van der Waals surface area (Å²) in [6.45, 7) is 0. The molecular formula is C16H14BrNS2. The van der Waals surface area contributed by atoms with Crippen LogP contribution in [0.5, 0.6) is 0 Å². The minimum absolute atomic E-state index is 0.329. The van der Waals surface area contributed by atoms with E-state index >= 15 is 0 Å². The van der Waals surface area contributed by atoms with Crippen molar-refractivity contribution in [1.29, 1.82) is 0 Å². The zero-order valence-electron chi connectivity index (χ0n) is 10.8. The van der Waals surface area contributed by atoms with Crippen LogP contribution in [0.3, 0.4) is 0 Å². The lowest BCUT2D eigenvalue weighted by molar-refractivity contribution is 0.802. The van der Waals surface area contributed by atoms with Gasteiger partial charge in [0.25, 0.3) is 0 Å². The first-order valence-electron chi connectivity index (χ1n) is 6.39. The second-order valence-electron chi connectivity index (χ2n) is 4.50. The molecule has 20 heavy (non-hydrogen) atoms. The Hall–Kier alpha value is -1.10. The molecule has 1 N–H and O–H groups in total. The standard InChI is InChI=1S/C16H14BrNS2/c17-12-5-7-13(8-6-12)18-15(16-4-2-10-20-16)11-14-3-1-9-19-14/h1-10,15,18H,11H2. The molecule has 2 aromatic heterocycles. The van der Waals surface area contributed by atoms with Crippen LogP contribution in [0.4, 0.5) is 5.69 Å². The minimum Gasteiger partial charge on any atom is -0.377 e. The lowest BCUT2D eigenvalue weighted by Gasteiger charge is -2.18. The van der Waals surface area contributed by atoms with E-state index in [-0.39, 0.29) is 0 Å². The van der Waals surface area contributed by atoms with Crippen LogP contribution >= 0.6 is 38.6 Å². The molecule has 1 unspecified atom stereocenters. The van der Waals surface area contributed by atoms with Gasteiger partial charge in [0.15, 0.2) is 0 Å². The number of thiophene rings is 2. The molecule has 4 heteroatoms. The van der Waals surface area contributed by atoms with Gasteiger partial charge < -0.3 is 5.32 Å². The molecular weight excluding hydrogens is 350 g/mol. The molecule has 1 nitrogen and oxygen atoms in total. The van der Waals surface area contributed by atoms with E-state index in [0.717, 1.165) is 16.6 Å². The molecule has 0 saturated heterocycles. The Kier molecular flexibility index (Phi) is 4.55. The summed E-state index contributed by atoms with van der Waals surface area (Å²) in [6.07, 6.45) is 1.02. The predicted octanol–water partition coefficient (Wildman–Crippen LogP) is 5.97. The smallest absolute Gasteiger partial charge is 0.0654 e. The van der Waals surface area contributed by atoms with E-state index in [9.17, 15) is 0 Å². The van der Waals surface area contributed by atoms with Crippen molar-refractivity contribution in [1.82, 2.24) is 0 Å². The normalized spacial score (nSPS) is 12.2. The maximum absolute atomic E-state index is 3.64. The summed E-state index contributed by atoms with van der Waals surface area (Å²) in [5.41, 5.74) is 1.16. The van der Waals surface area contributed by atoms with Crippen LogP contribution in [0.1, 0.15) is 15.8 Å². The largest absolute Gasteiger partial charge is 0.377 e. The van der Waals surface area contributed by atoms with Gasteiger partial charge in [-0.25, -0.2) is 0 Å². The Morgan fingerprint density at radius 2 is 1.70 bits per heavy atom. The highest BCUT2D eigenvalue weighted by Gasteiger charge is 2.14. The Morgan fingerprint density at radius 1 is 0.950 bits per heavy atom. The van der Waals surface area contributed by atoms with Crippen LogP contribution in [0.2, 0.25) is 0 Å². The second kappa shape index (κ2) is 6.57. The third-order valence-electron chi connectivity index (χ3n) is 3.06. The molecule has 102 valence electrons. The number of rotatable bonds is 5. The van der Waals surface area contributed by atoms with E-state index in [1.165, 1.54) is 9.75 Å². The molecule has 3 rings (SSSR count). The fourth-order valence-corrected chi connectivity index (χ4v) is 3.88. The molecule has 0 spiro atoms. The maximum atomic E-state index is 3.64. The van der Waals surface area contributed by atoms with Crippen LogP contribution in [-0.2, 0) is 6.42 Å². The molecule has 0 fully saturated rings. The number of halogens is 1. The molecule has 0 aliphatic rings. The molecule has 0 amide bonds. The first-order valence-corrected chi connectivity index (χ1v) is 8.94. The number of hydrogen-bond donors (Lipinski definition) is 1. The van der Waals surface area contributed by atoms with E-state index < -0.39 is 0 Å². The van der Waals surface area contributed by atoms with Gasteiger partial charge in [0.05, 0.1) is 6.04 Å². The number of benzene rings is 1. The Labute approximate surface area is 135 Å². The molecule has 0 bridgehead atoms. The summed E-state index contributed by atoms with van der Waals surface area (Å²) >= 11 is 7.10. The van der Waals surface area contributed by atoms with Gasteiger partial charge in [-0.2, -0.15) is 0 Å². The average Bonchev–Trinajstić information content (AvgIpc) is 3.12. The summed E-state index contributed by atoms with van der Waals surface area (Å²) in [4.78, 5) is 2.79. The molecule has 3 aromatic rings. The zero-order chi connectivity index (χ0) is 13.8. The predicted molar refractivity (Wildman–Crippen MR) is 92.8 cm³/mol. The van der Waals surface area contributed by atoms with Crippen molar-refractivity contribution in [3.8, 4) is 0 Å². The summed E-state index contributed by atoms with van der Waals surface area (Å²) in [5.74, 6) is 0. The lowest BCUT2D eigenvalue weighted by atomic mass is 10.1. The van der Waals surface area contributed by atoms with Gasteiger partial charge in [-0.15, -0.1) is 22.7 Å². The highest BCUT2D eigenvalue weighted by Crippen LogP contribution is 2.28. The average molecular weight is 364 g/mol. The molecule has 1 atom stereocenters. The monoisotopic (exact) mass is 363 g/mol. The lowest BCUT2D eigenvalue weighted by Crippen LogP contribution is -2.11. The number of nitrogens with one attached hydrogen (secondary N) is 1. The van der Waals surface area contributed by atoms with Gasteiger partial charge in [-0.3, -0.25) is 0 Å². The van der Waals surface area contributed by atoms with Crippen molar-refractivity contribution in [2.75, 3.05) is 5.32 Å². The zero-order valence-corrected chi connectivity index (χ0v) is 14.0. The third kappa shape index (κ3) is 3.51. The van der Waals surface area contributed by atoms with E-state index in [4.69, 9.17) is 0 Å². The maximum Gasteiger partial charge on any atom is 0.0654 e. The van der Waals surface area contributed by atoms with Crippen LogP contribution in [0, 0.1) is 0 Å². The Bertz CT molecular complexity index is 630. The van der Waals surface area contributed by atoms with Gasteiger partial charge in [0.1, 0.15) is 0 Å². The van der Waals surface area contributed by atoms with Crippen LogP contribution < -0.4 is 5.32 Å². The van der Waals surface area contributed by atoms with E-state index in [1.54, 1.807) is 0 Å². The van der Waals surface area contributed by atoms with Crippen molar-refractivity contribution >= 4 is 44.3 Å².